The SMILES string of the molecule is CNCCC1CC=CC(O)C1. The van der Waals surface area contributed by atoms with Gasteiger partial charge < -0.3 is 10.4 Å². The Morgan fingerprint density at radius 3 is 3.09 bits per heavy atom. The van der Waals surface area contributed by atoms with E-state index in [4.69, 9.17) is 0 Å². The van der Waals surface area contributed by atoms with E-state index in [0.717, 1.165) is 19.4 Å². The molecule has 2 nitrogen and oxygen atoms in total. The molecular formula is C9H17NO. The molecule has 1 aliphatic rings. The third-order valence-corrected chi connectivity index (χ3v) is 2.21. The van der Waals surface area contributed by atoms with E-state index in [1.807, 2.05) is 13.1 Å². The van der Waals surface area contributed by atoms with E-state index in [2.05, 4.69) is 11.4 Å². The van der Waals surface area contributed by atoms with Crippen LogP contribution in [-0.4, -0.2) is 24.8 Å². The highest BCUT2D eigenvalue weighted by Gasteiger charge is 2.14. The van der Waals surface area contributed by atoms with Gasteiger partial charge in [0.25, 0.3) is 0 Å². The number of aliphatic hydroxyl groups excluding tert-OH is 1. The van der Waals surface area contributed by atoms with Crippen molar-refractivity contribution >= 4 is 0 Å². The molecule has 2 N–H and O–H groups in total. The summed E-state index contributed by atoms with van der Waals surface area (Å²) in [6.07, 6.45) is 7.06. The second-order valence-electron chi connectivity index (χ2n) is 3.23. The summed E-state index contributed by atoms with van der Waals surface area (Å²) in [6.45, 7) is 1.06. The molecule has 0 heterocycles. The zero-order valence-electron chi connectivity index (χ0n) is 7.09. The number of rotatable bonds is 3. The van der Waals surface area contributed by atoms with Crippen LogP contribution in [0.25, 0.3) is 0 Å². The van der Waals surface area contributed by atoms with Crippen LogP contribution in [0.2, 0.25) is 0 Å². The van der Waals surface area contributed by atoms with Crippen molar-refractivity contribution in [2.45, 2.75) is 25.4 Å². The van der Waals surface area contributed by atoms with Gasteiger partial charge in [0, 0.05) is 0 Å². The summed E-state index contributed by atoms with van der Waals surface area (Å²) in [5.41, 5.74) is 0. The first-order valence-corrected chi connectivity index (χ1v) is 4.32. The van der Waals surface area contributed by atoms with Gasteiger partial charge >= 0.3 is 0 Å². The standard InChI is InChI=1S/C9H17NO/c1-10-6-5-8-3-2-4-9(11)7-8/h2,4,8-11H,3,5-7H2,1H3. The minimum absolute atomic E-state index is 0.189. The van der Waals surface area contributed by atoms with E-state index in [1.54, 1.807) is 0 Å². The molecule has 1 rings (SSSR count). The molecule has 0 amide bonds. The lowest BCUT2D eigenvalue weighted by molar-refractivity contribution is 0.175. The van der Waals surface area contributed by atoms with Crippen LogP contribution < -0.4 is 5.32 Å². The maximum absolute atomic E-state index is 9.27. The van der Waals surface area contributed by atoms with E-state index in [9.17, 15) is 5.11 Å². The monoisotopic (exact) mass is 155 g/mol. The molecule has 2 atom stereocenters. The lowest BCUT2D eigenvalue weighted by Crippen LogP contribution is -2.19. The van der Waals surface area contributed by atoms with Gasteiger partial charge in [-0.15, -0.1) is 0 Å². The first-order valence-electron chi connectivity index (χ1n) is 4.32. The largest absolute Gasteiger partial charge is 0.389 e. The van der Waals surface area contributed by atoms with E-state index < -0.39 is 0 Å². The Hall–Kier alpha value is -0.340. The zero-order chi connectivity index (χ0) is 8.10. The van der Waals surface area contributed by atoms with Gasteiger partial charge in [-0.05, 0) is 38.8 Å². The van der Waals surface area contributed by atoms with Crippen molar-refractivity contribution in [3.8, 4) is 0 Å². The maximum Gasteiger partial charge on any atom is 0.0723 e. The first kappa shape index (κ1) is 8.75. The molecule has 0 radical (unpaired) electrons. The summed E-state index contributed by atoms with van der Waals surface area (Å²) in [5.74, 6) is 0.683. The first-order chi connectivity index (χ1) is 5.33. The predicted octanol–water partition coefficient (Wildman–Crippen LogP) is 0.923. The summed E-state index contributed by atoms with van der Waals surface area (Å²) in [5, 5.41) is 12.4. The number of hydrogen-bond donors (Lipinski definition) is 2. The van der Waals surface area contributed by atoms with Crippen molar-refractivity contribution in [3.05, 3.63) is 12.2 Å². The molecule has 0 fully saturated rings. The Morgan fingerprint density at radius 2 is 2.45 bits per heavy atom. The Labute approximate surface area is 68.3 Å². The van der Waals surface area contributed by atoms with Gasteiger partial charge in [0.05, 0.1) is 6.10 Å². The van der Waals surface area contributed by atoms with Gasteiger partial charge in [-0.25, -0.2) is 0 Å². The second-order valence-corrected chi connectivity index (χ2v) is 3.23. The van der Waals surface area contributed by atoms with E-state index >= 15 is 0 Å². The molecule has 0 spiro atoms. The fourth-order valence-corrected chi connectivity index (χ4v) is 1.53. The highest BCUT2D eigenvalue weighted by molar-refractivity contribution is 4.96. The highest BCUT2D eigenvalue weighted by Crippen LogP contribution is 2.20. The van der Waals surface area contributed by atoms with Gasteiger partial charge in [-0.3, -0.25) is 0 Å². The molecule has 1 aliphatic carbocycles. The maximum atomic E-state index is 9.27. The zero-order valence-corrected chi connectivity index (χ0v) is 7.09. The summed E-state index contributed by atoms with van der Waals surface area (Å²) < 4.78 is 0. The summed E-state index contributed by atoms with van der Waals surface area (Å²) >= 11 is 0. The number of aliphatic hydroxyl groups is 1. The highest BCUT2D eigenvalue weighted by atomic mass is 16.3. The quantitative estimate of drug-likeness (QED) is 0.594. The number of nitrogens with one attached hydrogen (secondary N) is 1. The normalized spacial score (nSPS) is 30.7. The van der Waals surface area contributed by atoms with Crippen LogP contribution in [0.5, 0.6) is 0 Å². The Morgan fingerprint density at radius 1 is 1.64 bits per heavy atom. The van der Waals surface area contributed by atoms with Crippen LogP contribution >= 0.6 is 0 Å². The fourth-order valence-electron chi connectivity index (χ4n) is 1.53. The van der Waals surface area contributed by atoms with Crippen LogP contribution in [0.4, 0.5) is 0 Å². The molecule has 2 heteroatoms. The Balaban J connectivity index is 2.20. The average molecular weight is 155 g/mol. The Kier molecular flexibility index (Phi) is 3.60. The van der Waals surface area contributed by atoms with Crippen molar-refractivity contribution in [2.24, 2.45) is 5.92 Å². The minimum atomic E-state index is -0.189. The topological polar surface area (TPSA) is 32.3 Å². The average Bonchev–Trinajstić information content (AvgIpc) is 2.01. The summed E-state index contributed by atoms with van der Waals surface area (Å²) in [7, 11) is 1.97. The molecule has 0 bridgehead atoms. The van der Waals surface area contributed by atoms with Crippen LogP contribution in [-0.2, 0) is 0 Å². The smallest absolute Gasteiger partial charge is 0.0723 e. The molecule has 0 aromatic heterocycles. The van der Waals surface area contributed by atoms with Crippen LogP contribution in [0.15, 0.2) is 12.2 Å². The summed E-state index contributed by atoms with van der Waals surface area (Å²) in [4.78, 5) is 0. The van der Waals surface area contributed by atoms with Crippen LogP contribution in [0.3, 0.4) is 0 Å². The van der Waals surface area contributed by atoms with Gasteiger partial charge in [0.1, 0.15) is 0 Å². The Bertz CT molecular complexity index is 134. The second kappa shape index (κ2) is 4.52. The molecule has 0 saturated heterocycles. The van der Waals surface area contributed by atoms with E-state index in [1.165, 1.54) is 6.42 Å². The van der Waals surface area contributed by atoms with Crippen molar-refractivity contribution in [2.75, 3.05) is 13.6 Å². The fraction of sp³-hybridized carbons (Fsp3) is 0.778. The van der Waals surface area contributed by atoms with Crippen molar-refractivity contribution < 1.29 is 5.11 Å². The number of allylic oxidation sites excluding steroid dienone is 1. The lowest BCUT2D eigenvalue weighted by atomic mass is 9.90. The molecule has 2 unspecified atom stereocenters. The predicted molar refractivity (Wildman–Crippen MR) is 46.4 cm³/mol. The number of hydrogen-bond acceptors (Lipinski definition) is 2. The van der Waals surface area contributed by atoms with Crippen molar-refractivity contribution in [1.29, 1.82) is 0 Å². The third kappa shape index (κ3) is 3.04. The third-order valence-electron chi connectivity index (χ3n) is 2.21. The molecular weight excluding hydrogens is 138 g/mol. The molecule has 0 aromatic rings. The van der Waals surface area contributed by atoms with Crippen molar-refractivity contribution in [3.63, 3.8) is 0 Å². The molecule has 0 aliphatic heterocycles. The molecule has 64 valence electrons. The lowest BCUT2D eigenvalue weighted by Gasteiger charge is -2.20. The van der Waals surface area contributed by atoms with Gasteiger partial charge in [-0.1, -0.05) is 12.2 Å². The van der Waals surface area contributed by atoms with Crippen molar-refractivity contribution in [1.82, 2.24) is 5.32 Å². The van der Waals surface area contributed by atoms with Crippen LogP contribution in [0, 0.1) is 5.92 Å². The van der Waals surface area contributed by atoms with Crippen LogP contribution in [0.1, 0.15) is 19.3 Å². The summed E-state index contributed by atoms with van der Waals surface area (Å²) in [6, 6.07) is 0. The minimum Gasteiger partial charge on any atom is -0.389 e. The van der Waals surface area contributed by atoms with E-state index in [0.29, 0.717) is 5.92 Å². The van der Waals surface area contributed by atoms with Gasteiger partial charge in [0.15, 0.2) is 0 Å². The van der Waals surface area contributed by atoms with Gasteiger partial charge in [0.2, 0.25) is 0 Å². The molecule has 11 heavy (non-hydrogen) atoms. The molecule has 0 saturated carbocycles. The van der Waals surface area contributed by atoms with E-state index in [-0.39, 0.29) is 6.10 Å². The van der Waals surface area contributed by atoms with Gasteiger partial charge in [-0.2, -0.15) is 0 Å². The molecule has 0 aromatic carbocycles.